The summed E-state index contributed by atoms with van der Waals surface area (Å²) in [5.41, 5.74) is 3.87. The highest BCUT2D eigenvalue weighted by molar-refractivity contribution is 7.99. The summed E-state index contributed by atoms with van der Waals surface area (Å²) in [5.74, 6) is -0.315. The molecule has 0 aliphatic heterocycles. The molecule has 0 bridgehead atoms. The highest BCUT2D eigenvalue weighted by atomic mass is 32.2. The minimum Gasteiger partial charge on any atom is -0.480 e. The van der Waals surface area contributed by atoms with Crippen molar-refractivity contribution in [2.75, 3.05) is 11.5 Å². The Morgan fingerprint density at radius 3 is 2.45 bits per heavy atom. The van der Waals surface area contributed by atoms with Crippen molar-refractivity contribution in [3.63, 3.8) is 0 Å². The number of aliphatic carboxylic acids is 1. The maximum absolute atomic E-state index is 12.3. The summed E-state index contributed by atoms with van der Waals surface area (Å²) < 4.78 is 11.7. The fourth-order valence-corrected chi connectivity index (χ4v) is 6.34. The topological polar surface area (TPSA) is 88.8 Å². The second kappa shape index (κ2) is 11.3. The number of carbonyl (C=O) groups excluding carboxylic acids is 1. The van der Waals surface area contributed by atoms with Crippen LogP contribution < -0.4 is 5.32 Å². The molecule has 2 atom stereocenters. The molecule has 1 amide bonds. The van der Waals surface area contributed by atoms with Crippen molar-refractivity contribution < 1.29 is 23.8 Å². The van der Waals surface area contributed by atoms with Crippen LogP contribution in [-0.2, 0) is 14.9 Å². The number of fused-ring (bicyclic) bond motifs is 3. The third kappa shape index (κ3) is 5.94. The summed E-state index contributed by atoms with van der Waals surface area (Å²) in [6, 6.07) is 23.4. The van der Waals surface area contributed by atoms with Crippen molar-refractivity contribution in [2.45, 2.75) is 44.2 Å². The molecule has 7 heteroatoms. The molecule has 4 aromatic rings. The molecule has 0 fully saturated rings. The molecule has 5 rings (SSSR count). The molecule has 1 aliphatic carbocycles. The molecule has 2 unspecified atom stereocenters. The Labute approximate surface area is 238 Å². The van der Waals surface area contributed by atoms with E-state index in [1.54, 1.807) is 20.8 Å². The van der Waals surface area contributed by atoms with Gasteiger partial charge in [0.25, 0.3) is 0 Å². The number of para-hydroxylation sites is 2. The quantitative estimate of drug-likeness (QED) is 0.233. The highest BCUT2D eigenvalue weighted by Crippen LogP contribution is 2.44. The highest BCUT2D eigenvalue weighted by Gasteiger charge is 2.35. The van der Waals surface area contributed by atoms with Crippen LogP contribution in [0, 0.1) is 0 Å². The Balaban J connectivity index is 1.45. The number of carboxylic acids is 1. The number of hydrogen-bond acceptors (Lipinski definition) is 5. The number of alkyl carbamates (subject to hydrolysis) is 1. The van der Waals surface area contributed by atoms with Gasteiger partial charge < -0.3 is 19.6 Å². The van der Waals surface area contributed by atoms with Crippen LogP contribution >= 0.6 is 11.8 Å². The standard InChI is InChI=1S/C33H33NO5S/c1-32(2,3)39-31(37)34-27(30(35)36)20-40-21-33(18-16-23(17-19-33)22-10-5-4-6-11-22)26-14-9-13-25-24-12-7-8-15-28(24)38-29(25)26/h4-18,27H,19-21H2,1-3H3,(H,34,37)(H,35,36). The SMILES string of the molecule is CC(C)(C)OC(=O)NC(CSCC1(c2cccc3c2oc2ccccc23)C=CC(c2ccccc2)=CC1)C(=O)O. The minimum atomic E-state index is -1.10. The van der Waals surface area contributed by atoms with Crippen LogP contribution in [0.5, 0.6) is 0 Å². The third-order valence-electron chi connectivity index (χ3n) is 6.95. The number of carbonyl (C=O) groups is 2. The predicted octanol–water partition coefficient (Wildman–Crippen LogP) is 7.58. The van der Waals surface area contributed by atoms with Crippen LogP contribution in [-0.4, -0.2) is 40.3 Å². The summed E-state index contributed by atoms with van der Waals surface area (Å²) in [5, 5.41) is 14.4. The van der Waals surface area contributed by atoms with E-state index in [-0.39, 0.29) is 5.75 Å². The van der Waals surface area contributed by atoms with E-state index < -0.39 is 29.1 Å². The van der Waals surface area contributed by atoms with Gasteiger partial charge in [-0.05, 0) is 44.4 Å². The molecule has 3 aromatic carbocycles. The molecule has 206 valence electrons. The average Bonchev–Trinajstić information content (AvgIpc) is 3.31. The van der Waals surface area contributed by atoms with E-state index in [0.717, 1.165) is 38.6 Å². The van der Waals surface area contributed by atoms with Gasteiger partial charge in [-0.15, -0.1) is 0 Å². The molecule has 1 aliphatic rings. The fraction of sp³-hybridized carbons (Fsp3) is 0.273. The lowest BCUT2D eigenvalue weighted by Gasteiger charge is -2.33. The van der Waals surface area contributed by atoms with Crippen LogP contribution in [0.2, 0.25) is 0 Å². The molecule has 6 nitrogen and oxygen atoms in total. The second-order valence-corrected chi connectivity index (χ2v) is 12.1. The average molecular weight is 556 g/mol. The van der Waals surface area contributed by atoms with Crippen molar-refractivity contribution in [3.8, 4) is 0 Å². The molecule has 0 saturated carbocycles. The molecule has 0 spiro atoms. The Morgan fingerprint density at radius 1 is 1.02 bits per heavy atom. The lowest BCUT2D eigenvalue weighted by atomic mass is 9.74. The zero-order chi connectivity index (χ0) is 28.3. The number of carboxylic acid groups (broad SMARTS) is 1. The van der Waals surface area contributed by atoms with Gasteiger partial charge in [0.2, 0.25) is 0 Å². The van der Waals surface area contributed by atoms with E-state index >= 15 is 0 Å². The smallest absolute Gasteiger partial charge is 0.408 e. The maximum Gasteiger partial charge on any atom is 0.408 e. The Kier molecular flexibility index (Phi) is 7.76. The van der Waals surface area contributed by atoms with Gasteiger partial charge in [-0.2, -0.15) is 11.8 Å². The van der Waals surface area contributed by atoms with Gasteiger partial charge in [0.1, 0.15) is 22.8 Å². The van der Waals surface area contributed by atoms with Gasteiger partial charge in [-0.25, -0.2) is 9.59 Å². The van der Waals surface area contributed by atoms with Gasteiger partial charge in [0.05, 0.1) is 0 Å². The summed E-state index contributed by atoms with van der Waals surface area (Å²) >= 11 is 1.49. The van der Waals surface area contributed by atoms with E-state index in [1.165, 1.54) is 11.8 Å². The van der Waals surface area contributed by atoms with E-state index in [2.05, 4.69) is 59.9 Å². The number of thioether (sulfide) groups is 1. The van der Waals surface area contributed by atoms with Gasteiger partial charge >= 0.3 is 12.1 Å². The largest absolute Gasteiger partial charge is 0.480 e. The number of allylic oxidation sites excluding steroid dienone is 4. The Bertz CT molecular complexity index is 1600. The first-order valence-electron chi connectivity index (χ1n) is 13.3. The number of furan rings is 1. The van der Waals surface area contributed by atoms with E-state index in [1.807, 2.05) is 36.4 Å². The van der Waals surface area contributed by atoms with Crippen LogP contribution in [0.15, 0.2) is 95.4 Å². The van der Waals surface area contributed by atoms with Crippen LogP contribution in [0.1, 0.15) is 38.3 Å². The van der Waals surface area contributed by atoms with Crippen LogP contribution in [0.4, 0.5) is 4.79 Å². The number of amides is 1. The lowest BCUT2D eigenvalue weighted by molar-refractivity contribution is -0.138. The number of ether oxygens (including phenoxy) is 1. The molecule has 0 radical (unpaired) electrons. The van der Waals surface area contributed by atoms with E-state index in [9.17, 15) is 14.7 Å². The lowest BCUT2D eigenvalue weighted by Crippen LogP contribution is -2.45. The summed E-state index contributed by atoms with van der Waals surface area (Å²) in [6.07, 6.45) is 6.59. The number of nitrogens with one attached hydrogen (secondary N) is 1. The number of rotatable bonds is 8. The van der Waals surface area contributed by atoms with Crippen LogP contribution in [0.25, 0.3) is 27.5 Å². The monoisotopic (exact) mass is 555 g/mol. The van der Waals surface area contributed by atoms with Gasteiger partial charge in [-0.3, -0.25) is 0 Å². The minimum absolute atomic E-state index is 0.190. The molecular formula is C33H33NO5S. The van der Waals surface area contributed by atoms with Crippen molar-refractivity contribution in [1.82, 2.24) is 5.32 Å². The summed E-state index contributed by atoms with van der Waals surface area (Å²) in [7, 11) is 0. The first-order chi connectivity index (χ1) is 19.2. The summed E-state index contributed by atoms with van der Waals surface area (Å²) in [6.45, 7) is 5.23. The zero-order valence-electron chi connectivity index (χ0n) is 22.8. The van der Waals surface area contributed by atoms with Crippen molar-refractivity contribution in [3.05, 3.63) is 102 Å². The first kappa shape index (κ1) is 27.6. The Morgan fingerprint density at radius 2 is 1.75 bits per heavy atom. The van der Waals surface area contributed by atoms with Crippen molar-refractivity contribution >= 4 is 51.3 Å². The van der Waals surface area contributed by atoms with E-state index in [0.29, 0.717) is 12.2 Å². The Hall–Kier alpha value is -3.97. The van der Waals surface area contributed by atoms with Crippen molar-refractivity contribution in [2.24, 2.45) is 0 Å². The van der Waals surface area contributed by atoms with Gasteiger partial charge in [0, 0.05) is 33.3 Å². The van der Waals surface area contributed by atoms with E-state index in [4.69, 9.17) is 9.15 Å². The third-order valence-corrected chi connectivity index (χ3v) is 8.24. The molecule has 1 aromatic heterocycles. The second-order valence-electron chi connectivity index (χ2n) is 11.1. The number of benzene rings is 3. The maximum atomic E-state index is 12.3. The zero-order valence-corrected chi connectivity index (χ0v) is 23.7. The molecule has 1 heterocycles. The fourth-order valence-electron chi connectivity index (χ4n) is 5.03. The van der Waals surface area contributed by atoms with Crippen LogP contribution in [0.3, 0.4) is 0 Å². The van der Waals surface area contributed by atoms with Gasteiger partial charge in [0.15, 0.2) is 0 Å². The normalized spacial score (nSPS) is 17.9. The number of hydrogen-bond donors (Lipinski definition) is 2. The van der Waals surface area contributed by atoms with Gasteiger partial charge in [-0.1, -0.05) is 85.0 Å². The molecular weight excluding hydrogens is 522 g/mol. The predicted molar refractivity (Wildman–Crippen MR) is 162 cm³/mol. The summed E-state index contributed by atoms with van der Waals surface area (Å²) in [4.78, 5) is 24.3. The molecule has 2 N–H and O–H groups in total. The first-order valence-corrected chi connectivity index (χ1v) is 14.5. The molecule has 40 heavy (non-hydrogen) atoms. The molecule has 0 saturated heterocycles. The van der Waals surface area contributed by atoms with Crippen molar-refractivity contribution in [1.29, 1.82) is 0 Å².